The third-order valence-corrected chi connectivity index (χ3v) is 8.16. The Balaban J connectivity index is 0.00000253. The van der Waals surface area contributed by atoms with E-state index < -0.39 is 10.3 Å². The SMILES string of the molecule is CC.CC(C)(C)S(C)(C)OCCNc1ccc(OCc2ccccc2)c(F)c1.[HH]. The molecule has 0 saturated carbocycles. The van der Waals surface area contributed by atoms with E-state index in [-0.39, 0.29) is 17.7 Å². The molecule has 2 aromatic rings. The molecular formula is C23H38FNO2S. The van der Waals surface area contributed by atoms with Gasteiger partial charge in [0.1, 0.15) is 6.61 Å². The van der Waals surface area contributed by atoms with Crippen molar-refractivity contribution < 1.29 is 14.7 Å². The highest BCUT2D eigenvalue weighted by Gasteiger charge is 2.28. The third kappa shape index (κ3) is 7.72. The molecule has 5 heteroatoms. The summed E-state index contributed by atoms with van der Waals surface area (Å²) in [4.78, 5) is 0. The van der Waals surface area contributed by atoms with E-state index in [1.807, 2.05) is 50.2 Å². The number of hydrogen-bond donors (Lipinski definition) is 1. The van der Waals surface area contributed by atoms with E-state index in [1.165, 1.54) is 6.07 Å². The number of rotatable bonds is 8. The van der Waals surface area contributed by atoms with Gasteiger partial charge in [0.25, 0.3) is 0 Å². The molecule has 1 N–H and O–H groups in total. The molecule has 3 nitrogen and oxygen atoms in total. The van der Waals surface area contributed by atoms with Crippen LogP contribution >= 0.6 is 10.3 Å². The standard InChI is InChI=1S/C21H30FNO2S.C2H6.H2/c1-21(2,3)26(4,5)25-14-13-23-18-11-12-20(19(22)15-18)24-16-17-9-7-6-8-10-17;1-2;/h6-12,15,23H,13-14,16H2,1-5H3;1-2H3;1H. The van der Waals surface area contributed by atoms with Gasteiger partial charge in [-0.2, -0.15) is 0 Å². The van der Waals surface area contributed by atoms with Crippen LogP contribution in [0.4, 0.5) is 10.1 Å². The monoisotopic (exact) mass is 411 g/mol. The van der Waals surface area contributed by atoms with Gasteiger partial charge in [-0.1, -0.05) is 65.0 Å². The van der Waals surface area contributed by atoms with Crippen molar-refractivity contribution in [1.82, 2.24) is 0 Å². The highest BCUT2D eigenvalue weighted by Crippen LogP contribution is 2.53. The maximum absolute atomic E-state index is 14.2. The van der Waals surface area contributed by atoms with Crippen molar-refractivity contribution in [3.05, 3.63) is 59.9 Å². The molecule has 0 unspecified atom stereocenters. The smallest absolute Gasteiger partial charge is 0.167 e. The molecule has 0 saturated heterocycles. The first kappa shape index (κ1) is 24.3. The molecule has 0 aliphatic carbocycles. The van der Waals surface area contributed by atoms with Crippen LogP contribution in [-0.4, -0.2) is 30.4 Å². The highest BCUT2D eigenvalue weighted by atomic mass is 32.3. The van der Waals surface area contributed by atoms with E-state index in [9.17, 15) is 4.39 Å². The summed E-state index contributed by atoms with van der Waals surface area (Å²) in [6.07, 6.45) is 4.34. The summed E-state index contributed by atoms with van der Waals surface area (Å²) in [5, 5.41) is 3.20. The maximum Gasteiger partial charge on any atom is 0.167 e. The summed E-state index contributed by atoms with van der Waals surface area (Å²) in [6, 6.07) is 14.7. The van der Waals surface area contributed by atoms with Gasteiger partial charge in [0.15, 0.2) is 11.6 Å². The van der Waals surface area contributed by atoms with Crippen molar-refractivity contribution in [2.45, 2.75) is 46.0 Å². The van der Waals surface area contributed by atoms with Gasteiger partial charge in [-0.25, -0.2) is 4.39 Å². The topological polar surface area (TPSA) is 30.5 Å². The van der Waals surface area contributed by atoms with E-state index >= 15 is 0 Å². The average molecular weight is 412 g/mol. The zero-order chi connectivity index (χ0) is 21.2. The molecular weight excluding hydrogens is 373 g/mol. The number of hydrogen-bond acceptors (Lipinski definition) is 3. The zero-order valence-corrected chi connectivity index (χ0v) is 19.2. The summed E-state index contributed by atoms with van der Waals surface area (Å²) in [7, 11) is -1.13. The summed E-state index contributed by atoms with van der Waals surface area (Å²) in [6.45, 7) is 12.2. The predicted molar refractivity (Wildman–Crippen MR) is 124 cm³/mol. The fourth-order valence-corrected chi connectivity index (χ4v) is 2.94. The Hall–Kier alpha value is -1.72. The molecule has 0 heterocycles. The van der Waals surface area contributed by atoms with Gasteiger partial charge in [0.05, 0.1) is 6.61 Å². The van der Waals surface area contributed by atoms with Crippen LogP contribution in [0.2, 0.25) is 0 Å². The Morgan fingerprint density at radius 1 is 1.04 bits per heavy atom. The zero-order valence-electron chi connectivity index (χ0n) is 18.3. The lowest BCUT2D eigenvalue weighted by Crippen LogP contribution is -2.26. The first-order chi connectivity index (χ1) is 13.2. The van der Waals surface area contributed by atoms with Crippen molar-refractivity contribution in [3.8, 4) is 5.75 Å². The minimum atomic E-state index is -1.13. The quantitative estimate of drug-likeness (QED) is 0.480. The van der Waals surface area contributed by atoms with Gasteiger partial charge in [0, 0.05) is 24.5 Å². The highest BCUT2D eigenvalue weighted by molar-refractivity contribution is 8.29. The van der Waals surface area contributed by atoms with Gasteiger partial charge < -0.3 is 14.2 Å². The molecule has 2 aromatic carbocycles. The van der Waals surface area contributed by atoms with Crippen LogP contribution in [0.25, 0.3) is 0 Å². The number of anilines is 1. The molecule has 0 spiro atoms. The molecule has 0 atom stereocenters. The fourth-order valence-electron chi connectivity index (χ4n) is 2.09. The Labute approximate surface area is 173 Å². The van der Waals surface area contributed by atoms with Gasteiger partial charge in [-0.15, -0.1) is 10.3 Å². The van der Waals surface area contributed by atoms with E-state index in [2.05, 4.69) is 38.6 Å². The third-order valence-electron chi connectivity index (χ3n) is 4.45. The first-order valence-electron chi connectivity index (χ1n) is 9.76. The second-order valence-corrected chi connectivity index (χ2v) is 11.4. The number of halogens is 1. The molecule has 2 rings (SSSR count). The van der Waals surface area contributed by atoms with Crippen molar-refractivity contribution in [3.63, 3.8) is 0 Å². The van der Waals surface area contributed by atoms with Crippen molar-refractivity contribution in [2.75, 3.05) is 31.0 Å². The Bertz CT molecular complexity index is 706. The van der Waals surface area contributed by atoms with Gasteiger partial charge in [-0.05, 0) is 30.2 Å². The molecule has 28 heavy (non-hydrogen) atoms. The minimum Gasteiger partial charge on any atom is -0.486 e. The lowest BCUT2D eigenvalue weighted by Gasteiger charge is -2.43. The van der Waals surface area contributed by atoms with E-state index in [4.69, 9.17) is 8.92 Å². The number of ether oxygens (including phenoxy) is 1. The van der Waals surface area contributed by atoms with E-state index in [0.29, 0.717) is 19.8 Å². The Morgan fingerprint density at radius 3 is 2.25 bits per heavy atom. The van der Waals surface area contributed by atoms with Crippen LogP contribution in [0.3, 0.4) is 0 Å². The number of benzene rings is 2. The molecule has 0 aliphatic heterocycles. The summed E-state index contributed by atoms with van der Waals surface area (Å²) in [5.74, 6) is -0.110. The van der Waals surface area contributed by atoms with Crippen LogP contribution < -0.4 is 10.1 Å². The molecule has 0 radical (unpaired) electrons. The van der Waals surface area contributed by atoms with E-state index in [1.54, 1.807) is 6.07 Å². The van der Waals surface area contributed by atoms with Gasteiger partial charge >= 0.3 is 0 Å². The summed E-state index contributed by atoms with van der Waals surface area (Å²) >= 11 is 0. The molecule has 160 valence electrons. The lowest BCUT2D eigenvalue weighted by atomic mass is 10.2. The van der Waals surface area contributed by atoms with Gasteiger partial charge in [0.2, 0.25) is 0 Å². The van der Waals surface area contributed by atoms with Crippen molar-refractivity contribution in [2.24, 2.45) is 0 Å². The van der Waals surface area contributed by atoms with Crippen LogP contribution in [0, 0.1) is 5.82 Å². The van der Waals surface area contributed by atoms with Crippen molar-refractivity contribution >= 4 is 16.0 Å². The van der Waals surface area contributed by atoms with Crippen molar-refractivity contribution in [1.29, 1.82) is 0 Å². The molecule has 0 amide bonds. The van der Waals surface area contributed by atoms with E-state index in [0.717, 1.165) is 11.3 Å². The Morgan fingerprint density at radius 2 is 1.68 bits per heavy atom. The maximum atomic E-state index is 14.2. The molecule has 0 aromatic heterocycles. The van der Waals surface area contributed by atoms with Crippen LogP contribution in [0.15, 0.2) is 48.5 Å². The average Bonchev–Trinajstić information content (AvgIpc) is 2.66. The van der Waals surface area contributed by atoms with Crippen LogP contribution in [-0.2, 0) is 10.8 Å². The largest absolute Gasteiger partial charge is 0.486 e. The van der Waals surface area contributed by atoms with Crippen LogP contribution in [0.1, 0.15) is 41.6 Å². The summed E-state index contributed by atoms with van der Waals surface area (Å²) < 4.78 is 26.0. The molecule has 0 bridgehead atoms. The van der Waals surface area contributed by atoms with Crippen LogP contribution in [0.5, 0.6) is 5.75 Å². The molecule has 0 fully saturated rings. The number of nitrogens with one attached hydrogen (secondary N) is 1. The minimum absolute atomic E-state index is 0. The normalized spacial score (nSPS) is 12.0. The summed E-state index contributed by atoms with van der Waals surface area (Å²) in [5.41, 5.74) is 1.73. The first-order valence-corrected chi connectivity index (χ1v) is 12.1. The predicted octanol–water partition coefficient (Wildman–Crippen LogP) is 6.88. The van der Waals surface area contributed by atoms with Gasteiger partial charge in [-0.3, -0.25) is 0 Å². The second-order valence-electron chi connectivity index (χ2n) is 7.51. The Kier molecular flexibility index (Phi) is 9.83. The lowest BCUT2D eigenvalue weighted by molar-refractivity contribution is 0.290. The second kappa shape index (κ2) is 11.3. The fraction of sp³-hybridized carbons (Fsp3) is 0.478. The molecule has 0 aliphatic rings.